The van der Waals surface area contributed by atoms with Crippen LogP contribution in [0.5, 0.6) is 0 Å². The van der Waals surface area contributed by atoms with Crippen molar-refractivity contribution in [3.05, 3.63) is 24.3 Å². The molecule has 1 aromatic carbocycles. The molecule has 0 aliphatic heterocycles. The van der Waals surface area contributed by atoms with Gasteiger partial charge in [0.1, 0.15) is 0 Å². The third kappa shape index (κ3) is 2.75. The van der Waals surface area contributed by atoms with E-state index in [1.165, 1.54) is 4.90 Å². The summed E-state index contributed by atoms with van der Waals surface area (Å²) in [6.07, 6.45) is 0.761. The average molecular weight is 251 g/mol. The van der Waals surface area contributed by atoms with E-state index >= 15 is 0 Å². The molecule has 3 nitrogen and oxygen atoms in total. The summed E-state index contributed by atoms with van der Waals surface area (Å²) in [5.41, 5.74) is 1.10. The van der Waals surface area contributed by atoms with E-state index in [-0.39, 0.29) is 12.0 Å². The highest BCUT2D eigenvalue weighted by Crippen LogP contribution is 2.37. The average Bonchev–Trinajstić information content (AvgIpc) is 3.09. The first kappa shape index (κ1) is 12.3. The predicted octanol–water partition coefficient (Wildman–Crippen LogP) is 2.71. The zero-order chi connectivity index (χ0) is 12.4. The van der Waals surface area contributed by atoms with Crippen LogP contribution in [0.2, 0.25) is 0 Å². The van der Waals surface area contributed by atoms with Crippen LogP contribution >= 0.6 is 11.8 Å². The molecule has 0 radical (unpaired) electrons. The highest BCUT2D eigenvalue weighted by Gasteiger charge is 2.46. The Kier molecular flexibility index (Phi) is 3.62. The zero-order valence-electron chi connectivity index (χ0n) is 10.1. The summed E-state index contributed by atoms with van der Waals surface area (Å²) in [7, 11) is 1.97. The summed E-state index contributed by atoms with van der Waals surface area (Å²) in [6, 6.07) is 8.48. The number of carboxylic acid groups (broad SMARTS) is 1. The molecule has 1 aliphatic carbocycles. The number of rotatable bonds is 5. The van der Waals surface area contributed by atoms with E-state index in [4.69, 9.17) is 5.11 Å². The van der Waals surface area contributed by atoms with Gasteiger partial charge in [-0.3, -0.25) is 4.79 Å². The van der Waals surface area contributed by atoms with Crippen LogP contribution in [0.15, 0.2) is 29.2 Å². The number of hydrogen-bond donors (Lipinski definition) is 1. The highest BCUT2D eigenvalue weighted by atomic mass is 32.2. The van der Waals surface area contributed by atoms with Gasteiger partial charge in [-0.2, -0.15) is 0 Å². The van der Waals surface area contributed by atoms with E-state index < -0.39 is 5.97 Å². The second-order valence-corrected chi connectivity index (χ2v) is 5.62. The van der Waals surface area contributed by atoms with E-state index in [0.717, 1.165) is 17.9 Å². The molecule has 0 spiro atoms. The van der Waals surface area contributed by atoms with Gasteiger partial charge in [-0.05, 0) is 36.4 Å². The van der Waals surface area contributed by atoms with Gasteiger partial charge in [-0.25, -0.2) is 0 Å². The molecule has 1 N–H and O–H groups in total. The largest absolute Gasteiger partial charge is 0.481 e. The first-order valence-electron chi connectivity index (χ1n) is 5.82. The van der Waals surface area contributed by atoms with Gasteiger partial charge >= 0.3 is 5.97 Å². The maximum atomic E-state index is 10.8. The lowest BCUT2D eigenvalue weighted by atomic mass is 10.3. The molecule has 0 heterocycles. The summed E-state index contributed by atoms with van der Waals surface area (Å²) < 4.78 is 0. The Balaban J connectivity index is 2.00. The lowest BCUT2D eigenvalue weighted by molar-refractivity contribution is -0.138. The molecule has 92 valence electrons. The van der Waals surface area contributed by atoms with E-state index in [1.807, 2.05) is 18.8 Å². The Morgan fingerprint density at radius 2 is 2.12 bits per heavy atom. The molecule has 4 heteroatoms. The van der Waals surface area contributed by atoms with Gasteiger partial charge in [0.2, 0.25) is 0 Å². The lowest BCUT2D eigenvalue weighted by Crippen LogP contribution is -2.23. The van der Waals surface area contributed by atoms with Gasteiger partial charge < -0.3 is 10.0 Å². The van der Waals surface area contributed by atoms with Crippen molar-refractivity contribution in [2.45, 2.75) is 24.3 Å². The van der Waals surface area contributed by atoms with Gasteiger partial charge in [0.15, 0.2) is 0 Å². The van der Waals surface area contributed by atoms with Crippen molar-refractivity contribution in [1.29, 1.82) is 0 Å². The van der Waals surface area contributed by atoms with Crippen LogP contribution in [0.25, 0.3) is 0 Å². The zero-order valence-corrected chi connectivity index (χ0v) is 10.9. The molecular weight excluding hydrogens is 234 g/mol. The second-order valence-electron chi connectivity index (χ2n) is 4.29. The molecule has 0 amide bonds. The van der Waals surface area contributed by atoms with Gasteiger partial charge in [0.05, 0.1) is 5.92 Å². The van der Waals surface area contributed by atoms with Crippen molar-refractivity contribution in [2.75, 3.05) is 17.7 Å². The fourth-order valence-corrected chi connectivity index (χ4v) is 2.67. The van der Waals surface area contributed by atoms with Gasteiger partial charge in [0.25, 0.3) is 0 Å². The molecule has 0 aromatic heterocycles. The predicted molar refractivity (Wildman–Crippen MR) is 70.8 cm³/mol. The third-order valence-electron chi connectivity index (χ3n) is 3.13. The molecule has 1 fully saturated rings. The number of aliphatic carboxylic acids is 1. The number of thioether (sulfide) groups is 1. The van der Waals surface area contributed by atoms with E-state index in [9.17, 15) is 4.79 Å². The fourth-order valence-electron chi connectivity index (χ4n) is 2.01. The number of nitrogens with zero attached hydrogens (tertiary/aromatic N) is 1. The van der Waals surface area contributed by atoms with Gasteiger partial charge in [-0.1, -0.05) is 6.92 Å². The molecule has 1 saturated carbocycles. The minimum absolute atomic E-state index is 0.164. The monoisotopic (exact) mass is 251 g/mol. The first-order valence-corrected chi connectivity index (χ1v) is 6.80. The second kappa shape index (κ2) is 5.00. The van der Waals surface area contributed by atoms with Crippen LogP contribution < -0.4 is 4.90 Å². The fraction of sp³-hybridized carbons (Fsp3) is 0.462. The van der Waals surface area contributed by atoms with Crippen LogP contribution in [0.3, 0.4) is 0 Å². The van der Waals surface area contributed by atoms with Crippen LogP contribution in [-0.2, 0) is 4.79 Å². The Bertz CT molecular complexity index is 404. The van der Waals surface area contributed by atoms with Crippen LogP contribution in [0.4, 0.5) is 5.69 Å². The summed E-state index contributed by atoms with van der Waals surface area (Å²) in [6.45, 7) is 2.13. The van der Waals surface area contributed by atoms with Crippen molar-refractivity contribution in [3.8, 4) is 0 Å². The van der Waals surface area contributed by atoms with Crippen LogP contribution in [0, 0.1) is 5.92 Å². The molecule has 2 atom stereocenters. The number of hydrogen-bond acceptors (Lipinski definition) is 3. The van der Waals surface area contributed by atoms with E-state index in [0.29, 0.717) is 0 Å². The molecule has 17 heavy (non-hydrogen) atoms. The Morgan fingerprint density at radius 1 is 1.47 bits per heavy atom. The highest BCUT2D eigenvalue weighted by molar-refractivity contribution is 7.99. The minimum Gasteiger partial charge on any atom is -0.481 e. The van der Waals surface area contributed by atoms with Crippen molar-refractivity contribution < 1.29 is 9.90 Å². The topological polar surface area (TPSA) is 40.5 Å². The summed E-state index contributed by atoms with van der Waals surface area (Å²) in [4.78, 5) is 14.1. The summed E-state index contributed by atoms with van der Waals surface area (Å²) in [5, 5.41) is 8.90. The van der Waals surface area contributed by atoms with Crippen molar-refractivity contribution in [1.82, 2.24) is 0 Å². The Hall–Kier alpha value is -1.16. The molecule has 1 aliphatic rings. The number of carbonyl (C=O) groups is 1. The minimum atomic E-state index is -0.681. The molecule has 0 saturated heterocycles. The molecular formula is C13H17NO2S. The molecule has 0 bridgehead atoms. The summed E-state index contributed by atoms with van der Waals surface area (Å²) >= 11 is 1.81. The van der Waals surface area contributed by atoms with E-state index in [2.05, 4.69) is 36.1 Å². The number of benzene rings is 1. The van der Waals surface area contributed by atoms with E-state index in [1.54, 1.807) is 0 Å². The van der Waals surface area contributed by atoms with Crippen molar-refractivity contribution in [3.63, 3.8) is 0 Å². The summed E-state index contributed by atoms with van der Waals surface area (Å²) in [5.74, 6) is 0.198. The smallest absolute Gasteiger partial charge is 0.308 e. The molecule has 1 aromatic rings. The standard InChI is InChI=1S/C13H17NO2S/c1-3-17-10-6-4-9(5-7-10)14(2)12-8-11(12)13(15)16/h4-7,11-12H,3,8H2,1-2H3,(H,15,16). The first-order chi connectivity index (χ1) is 8.13. The number of anilines is 1. The maximum Gasteiger partial charge on any atom is 0.308 e. The van der Waals surface area contributed by atoms with Crippen molar-refractivity contribution >= 4 is 23.4 Å². The van der Waals surface area contributed by atoms with Crippen LogP contribution in [-0.4, -0.2) is 29.9 Å². The number of carboxylic acids is 1. The van der Waals surface area contributed by atoms with Gasteiger partial charge in [0, 0.05) is 23.7 Å². The Labute approximate surface area is 106 Å². The molecule has 2 rings (SSSR count). The quantitative estimate of drug-likeness (QED) is 0.817. The SMILES string of the molecule is CCSc1ccc(N(C)C2CC2C(=O)O)cc1. The molecule has 2 unspecified atom stereocenters. The Morgan fingerprint density at radius 3 is 2.59 bits per heavy atom. The lowest BCUT2D eigenvalue weighted by Gasteiger charge is -2.19. The maximum absolute atomic E-state index is 10.8. The normalized spacial score (nSPS) is 22.2. The van der Waals surface area contributed by atoms with Crippen LogP contribution in [0.1, 0.15) is 13.3 Å². The third-order valence-corrected chi connectivity index (χ3v) is 4.02. The van der Waals surface area contributed by atoms with Gasteiger partial charge in [-0.15, -0.1) is 11.8 Å². The van der Waals surface area contributed by atoms with Crippen molar-refractivity contribution in [2.24, 2.45) is 5.92 Å².